The molecule has 27 heavy (non-hydrogen) atoms. The van der Waals surface area contributed by atoms with Crippen LogP contribution in [-0.4, -0.2) is 0 Å². The lowest BCUT2D eigenvalue weighted by Gasteiger charge is -2.00. The van der Waals surface area contributed by atoms with Gasteiger partial charge in [0.25, 0.3) is 0 Å². The molecule has 0 aliphatic rings. The van der Waals surface area contributed by atoms with Crippen LogP contribution in [0.3, 0.4) is 0 Å². The number of rotatable bonds is 4. The molecule has 0 saturated carbocycles. The Morgan fingerprint density at radius 2 is 0.481 bits per heavy atom. The van der Waals surface area contributed by atoms with Crippen molar-refractivity contribution in [3.05, 3.63) is 121 Å². The maximum atomic E-state index is 2.17. The molecule has 0 radical (unpaired) electrons. The Bertz CT molecular complexity index is 709. The molecule has 136 valence electrons. The molecule has 2 heteroatoms. The molecule has 0 fully saturated rings. The lowest BCUT2D eigenvalue weighted by molar-refractivity contribution is 1.76. The molecule has 0 saturated heterocycles. The van der Waals surface area contributed by atoms with E-state index in [0.29, 0.717) is 0 Å². The van der Waals surface area contributed by atoms with E-state index in [1.807, 2.05) is 0 Å². The van der Waals surface area contributed by atoms with Crippen molar-refractivity contribution in [3.63, 3.8) is 0 Å². The number of benzene rings is 4. The molecule has 0 unspecified atom stereocenters. The van der Waals surface area contributed by atoms with Gasteiger partial charge in [0.2, 0.25) is 0 Å². The monoisotopic (exact) mass is 388 g/mol. The minimum absolute atomic E-state index is 0. The van der Waals surface area contributed by atoms with Crippen LogP contribution < -0.4 is 21.2 Å². The van der Waals surface area contributed by atoms with Crippen molar-refractivity contribution >= 4 is 38.4 Å². The molecule has 0 aliphatic carbocycles. The molecule has 0 N–H and O–H groups in total. The largest absolute Gasteiger partial charge is 0.0776 e. The van der Waals surface area contributed by atoms with E-state index in [9.17, 15) is 0 Å². The zero-order valence-corrected chi connectivity index (χ0v) is 16.5. The first-order valence-corrected chi connectivity index (χ1v) is 10.6. The third-order valence-corrected chi connectivity index (χ3v) is 6.16. The molecule has 4 rings (SSSR count). The van der Waals surface area contributed by atoms with Crippen molar-refractivity contribution in [1.29, 1.82) is 0 Å². The van der Waals surface area contributed by atoms with Gasteiger partial charge in [0, 0.05) is 0 Å². The Morgan fingerprint density at radius 1 is 0.296 bits per heavy atom. The second-order valence-corrected chi connectivity index (χ2v) is 8.52. The van der Waals surface area contributed by atoms with Crippen LogP contribution in [0.4, 0.5) is 0 Å². The highest BCUT2D eigenvalue weighted by Gasteiger charge is 1.93. The summed E-state index contributed by atoms with van der Waals surface area (Å²) in [5.41, 5.74) is 0. The normalized spacial score (nSPS) is 9.48. The van der Waals surface area contributed by atoms with Crippen LogP contribution in [0.25, 0.3) is 0 Å². The summed E-state index contributed by atoms with van der Waals surface area (Å²) < 4.78 is 0. The molecule has 4 aromatic carbocycles. The van der Waals surface area contributed by atoms with Crippen LogP contribution in [0.15, 0.2) is 121 Å². The molecule has 0 amide bonds. The fourth-order valence-corrected chi connectivity index (χ4v) is 4.52. The van der Waals surface area contributed by atoms with Gasteiger partial charge in [-0.25, -0.2) is 0 Å². The number of hydrogen-bond donors (Lipinski definition) is 0. The van der Waals surface area contributed by atoms with Crippen molar-refractivity contribution in [2.75, 3.05) is 0 Å². The van der Waals surface area contributed by atoms with E-state index >= 15 is 0 Å². The lowest BCUT2D eigenvalue weighted by atomic mass is 10.4. The third kappa shape index (κ3) is 7.88. The van der Waals surface area contributed by atoms with Gasteiger partial charge in [-0.3, -0.25) is 0 Å². The van der Waals surface area contributed by atoms with Crippen molar-refractivity contribution in [2.24, 2.45) is 0 Å². The highest BCUT2D eigenvalue weighted by Crippen LogP contribution is 2.09. The highest BCUT2D eigenvalue weighted by atomic mass is 31.1. The maximum absolute atomic E-state index is 2.17. The van der Waals surface area contributed by atoms with Gasteiger partial charge in [-0.05, 0) is 21.2 Å². The summed E-state index contributed by atoms with van der Waals surface area (Å²) in [4.78, 5) is 0. The summed E-state index contributed by atoms with van der Waals surface area (Å²) in [5, 5.41) is 5.59. The first-order valence-electron chi connectivity index (χ1n) is 8.64. The lowest BCUT2D eigenvalue weighted by Crippen LogP contribution is -2.01. The van der Waals surface area contributed by atoms with Crippen LogP contribution >= 0.6 is 17.2 Å². The SMILES string of the molecule is C.c1ccc(Pc2ccccc2)cc1.c1ccc(Pc2ccccc2)cc1. The zero-order chi connectivity index (χ0) is 17.9. The molecular weight excluding hydrogens is 362 g/mol. The third-order valence-electron chi connectivity index (χ3n) is 3.67. The Kier molecular flexibility index (Phi) is 9.50. The van der Waals surface area contributed by atoms with Gasteiger partial charge in [-0.1, -0.05) is 146 Å². The molecule has 4 aromatic rings. The van der Waals surface area contributed by atoms with Crippen LogP contribution in [-0.2, 0) is 0 Å². The van der Waals surface area contributed by atoms with Gasteiger partial charge in [-0.15, -0.1) is 0 Å². The average Bonchev–Trinajstić information content (AvgIpc) is 2.72. The Hall–Kier alpha value is -2.26. The van der Waals surface area contributed by atoms with Crippen LogP contribution in [0.5, 0.6) is 0 Å². The van der Waals surface area contributed by atoms with E-state index in [-0.39, 0.29) is 7.43 Å². The minimum atomic E-state index is 0. The first kappa shape index (κ1) is 21.0. The van der Waals surface area contributed by atoms with Gasteiger partial charge < -0.3 is 0 Å². The average molecular weight is 388 g/mol. The Labute approximate surface area is 167 Å². The van der Waals surface area contributed by atoms with Crippen LogP contribution in [0.2, 0.25) is 0 Å². The van der Waals surface area contributed by atoms with Gasteiger partial charge in [0.05, 0.1) is 0 Å². The smallest absolute Gasteiger partial charge is 0.0226 e. The van der Waals surface area contributed by atoms with Crippen molar-refractivity contribution in [3.8, 4) is 0 Å². The van der Waals surface area contributed by atoms with E-state index in [1.165, 1.54) is 21.2 Å². The van der Waals surface area contributed by atoms with E-state index in [2.05, 4.69) is 121 Å². The summed E-state index contributed by atoms with van der Waals surface area (Å²) in [6.07, 6.45) is 0. The zero-order valence-electron chi connectivity index (χ0n) is 14.5. The predicted molar refractivity (Wildman–Crippen MR) is 128 cm³/mol. The molecule has 0 nitrogen and oxygen atoms in total. The molecule has 0 spiro atoms. The second-order valence-electron chi connectivity index (χ2n) is 5.71. The number of hydrogen-bond acceptors (Lipinski definition) is 0. The minimum Gasteiger partial charge on any atom is -0.0776 e. The maximum Gasteiger partial charge on any atom is -0.0226 e. The Balaban J connectivity index is 0.000000187. The summed E-state index contributed by atoms with van der Waals surface area (Å²) in [5.74, 6) is 0. The summed E-state index contributed by atoms with van der Waals surface area (Å²) in [6.45, 7) is 0. The van der Waals surface area contributed by atoms with E-state index in [4.69, 9.17) is 0 Å². The molecule has 0 aliphatic heterocycles. The van der Waals surface area contributed by atoms with Gasteiger partial charge in [0.1, 0.15) is 0 Å². The van der Waals surface area contributed by atoms with Crippen LogP contribution in [0.1, 0.15) is 7.43 Å². The molecule has 0 bridgehead atoms. The summed E-state index contributed by atoms with van der Waals surface area (Å²) in [7, 11) is 1.55. The second kappa shape index (κ2) is 12.2. The fraction of sp³-hybridized carbons (Fsp3) is 0.0400. The molecule has 0 atom stereocenters. The van der Waals surface area contributed by atoms with Crippen molar-refractivity contribution in [1.82, 2.24) is 0 Å². The van der Waals surface area contributed by atoms with E-state index in [1.54, 1.807) is 0 Å². The first-order chi connectivity index (χ1) is 12.9. The summed E-state index contributed by atoms with van der Waals surface area (Å²) >= 11 is 0. The standard InChI is InChI=1S/2C12H11P.CH4/c2*1-3-7-11(8-4-1)13-12-9-5-2-6-10-12;/h2*1-10,13H;1H4. The molecule has 0 aromatic heterocycles. The van der Waals surface area contributed by atoms with Crippen molar-refractivity contribution < 1.29 is 0 Å². The van der Waals surface area contributed by atoms with E-state index in [0.717, 1.165) is 17.2 Å². The Morgan fingerprint density at radius 3 is 0.667 bits per heavy atom. The quantitative estimate of drug-likeness (QED) is 0.418. The van der Waals surface area contributed by atoms with Crippen molar-refractivity contribution in [2.45, 2.75) is 7.43 Å². The van der Waals surface area contributed by atoms with Gasteiger partial charge >= 0.3 is 0 Å². The summed E-state index contributed by atoms with van der Waals surface area (Å²) in [6, 6.07) is 42.3. The van der Waals surface area contributed by atoms with Gasteiger partial charge in [0.15, 0.2) is 0 Å². The fourth-order valence-electron chi connectivity index (χ4n) is 2.42. The predicted octanol–water partition coefficient (Wildman–Crippen LogP) is 5.27. The molecule has 0 heterocycles. The van der Waals surface area contributed by atoms with Crippen LogP contribution in [0, 0.1) is 0 Å². The molecular formula is C25H26P2. The highest BCUT2D eigenvalue weighted by molar-refractivity contribution is 7.55. The van der Waals surface area contributed by atoms with E-state index < -0.39 is 0 Å². The van der Waals surface area contributed by atoms with Gasteiger partial charge in [-0.2, -0.15) is 0 Å². The topological polar surface area (TPSA) is 0 Å².